The molecule has 0 unspecified atom stereocenters. The maximum Gasteiger partial charge on any atom is 0.175 e. The van der Waals surface area contributed by atoms with E-state index in [1.165, 1.54) is 0 Å². The maximum atomic E-state index is 5.46. The van der Waals surface area contributed by atoms with Crippen molar-refractivity contribution in [3.63, 3.8) is 0 Å². The van der Waals surface area contributed by atoms with E-state index in [9.17, 15) is 0 Å². The lowest BCUT2D eigenvalue weighted by molar-refractivity contribution is 0.416. The molecule has 2 aromatic carbocycles. The highest BCUT2D eigenvalue weighted by Crippen LogP contribution is 2.30. The van der Waals surface area contributed by atoms with Gasteiger partial charge in [-0.15, -0.1) is 10.2 Å². The second-order valence-electron chi connectivity index (χ2n) is 6.29. The molecule has 132 valence electrons. The van der Waals surface area contributed by atoms with Gasteiger partial charge in [0.15, 0.2) is 17.1 Å². The molecule has 0 fully saturated rings. The zero-order chi connectivity index (χ0) is 18.4. The summed E-state index contributed by atoms with van der Waals surface area (Å²) in [4.78, 5) is 4.63. The van der Waals surface area contributed by atoms with Gasteiger partial charge in [0, 0.05) is 0 Å². The molecule has 0 saturated carbocycles. The van der Waals surface area contributed by atoms with Crippen molar-refractivity contribution >= 4 is 16.7 Å². The van der Waals surface area contributed by atoms with Crippen molar-refractivity contribution in [1.82, 2.24) is 29.4 Å². The van der Waals surface area contributed by atoms with E-state index in [1.807, 2.05) is 45.5 Å². The van der Waals surface area contributed by atoms with E-state index in [0.717, 1.165) is 33.6 Å². The first-order chi connectivity index (χ1) is 13.3. The number of hydrogen-bond acceptors (Lipinski definition) is 5. The predicted molar refractivity (Wildman–Crippen MR) is 102 cm³/mol. The number of nitrogens with zero attached hydrogens (tertiary/aromatic N) is 6. The van der Waals surface area contributed by atoms with Gasteiger partial charge in [0.2, 0.25) is 0 Å². The van der Waals surface area contributed by atoms with Crippen LogP contribution in [0.5, 0.6) is 5.75 Å². The summed E-state index contributed by atoms with van der Waals surface area (Å²) in [5, 5.41) is 14.1. The Kier molecular flexibility index (Phi) is 3.39. The van der Waals surface area contributed by atoms with E-state index in [-0.39, 0.29) is 0 Å². The highest BCUT2D eigenvalue weighted by atomic mass is 16.5. The van der Waals surface area contributed by atoms with Crippen molar-refractivity contribution < 1.29 is 4.74 Å². The van der Waals surface area contributed by atoms with E-state index >= 15 is 0 Å². The monoisotopic (exact) mass is 356 g/mol. The van der Waals surface area contributed by atoms with Crippen molar-refractivity contribution in [3.05, 3.63) is 66.6 Å². The van der Waals surface area contributed by atoms with Crippen LogP contribution in [0.3, 0.4) is 0 Å². The molecular weight excluding hydrogens is 340 g/mol. The summed E-state index contributed by atoms with van der Waals surface area (Å²) in [6, 6.07) is 15.9. The van der Waals surface area contributed by atoms with Crippen LogP contribution in [0.4, 0.5) is 0 Å². The molecule has 7 heteroatoms. The number of fused-ring (bicyclic) bond motifs is 3. The van der Waals surface area contributed by atoms with Crippen molar-refractivity contribution in [3.8, 4) is 22.8 Å². The average Bonchev–Trinajstić information content (AvgIpc) is 3.31. The molecule has 3 heterocycles. The van der Waals surface area contributed by atoms with Gasteiger partial charge in [-0.3, -0.25) is 4.40 Å². The van der Waals surface area contributed by atoms with Crippen LogP contribution in [0, 0.1) is 6.92 Å². The Morgan fingerprint density at radius 2 is 1.85 bits per heavy atom. The third kappa shape index (κ3) is 2.36. The van der Waals surface area contributed by atoms with Crippen LogP contribution in [0.1, 0.15) is 5.56 Å². The number of aryl methyl sites for hydroxylation is 1. The third-order valence-corrected chi connectivity index (χ3v) is 4.57. The van der Waals surface area contributed by atoms with Crippen LogP contribution in [-0.4, -0.2) is 36.5 Å². The Morgan fingerprint density at radius 1 is 0.963 bits per heavy atom. The first-order valence-corrected chi connectivity index (χ1v) is 8.54. The SMILES string of the molecule is COc1ccccc1-c1nnc2c3cnn(-c4cccc(C)c4)c3ncn12. The van der Waals surface area contributed by atoms with Crippen LogP contribution in [0.25, 0.3) is 33.8 Å². The van der Waals surface area contributed by atoms with Crippen LogP contribution in [0.15, 0.2) is 61.1 Å². The van der Waals surface area contributed by atoms with Crippen LogP contribution in [0.2, 0.25) is 0 Å². The average molecular weight is 356 g/mol. The summed E-state index contributed by atoms with van der Waals surface area (Å²) in [6.45, 7) is 2.05. The zero-order valence-corrected chi connectivity index (χ0v) is 14.9. The fourth-order valence-corrected chi connectivity index (χ4v) is 3.28. The fourth-order valence-electron chi connectivity index (χ4n) is 3.28. The van der Waals surface area contributed by atoms with Gasteiger partial charge in [-0.05, 0) is 36.8 Å². The topological polar surface area (TPSA) is 70.1 Å². The van der Waals surface area contributed by atoms with Crippen LogP contribution < -0.4 is 4.74 Å². The van der Waals surface area contributed by atoms with Crippen molar-refractivity contribution in [2.24, 2.45) is 0 Å². The number of para-hydroxylation sites is 1. The summed E-state index contributed by atoms with van der Waals surface area (Å²) >= 11 is 0. The molecule has 0 spiro atoms. The highest BCUT2D eigenvalue weighted by Gasteiger charge is 2.17. The van der Waals surface area contributed by atoms with Gasteiger partial charge in [-0.2, -0.15) is 5.10 Å². The summed E-state index contributed by atoms with van der Waals surface area (Å²) < 4.78 is 9.14. The molecule has 7 nitrogen and oxygen atoms in total. The minimum atomic E-state index is 0.681. The molecule has 5 rings (SSSR count). The summed E-state index contributed by atoms with van der Waals surface area (Å²) in [5.41, 5.74) is 4.44. The largest absolute Gasteiger partial charge is 0.496 e. The number of aromatic nitrogens is 6. The lowest BCUT2D eigenvalue weighted by Gasteiger charge is -2.07. The van der Waals surface area contributed by atoms with Gasteiger partial charge in [0.1, 0.15) is 12.1 Å². The third-order valence-electron chi connectivity index (χ3n) is 4.57. The minimum absolute atomic E-state index is 0.681. The standard InChI is InChI=1S/C20H16N6O/c1-13-6-5-7-14(10-13)26-18-16(11-22-26)20-24-23-19(25(20)12-21-18)15-8-3-4-9-17(15)27-2/h3-12H,1-2H3. The van der Waals surface area contributed by atoms with E-state index in [1.54, 1.807) is 19.6 Å². The van der Waals surface area contributed by atoms with Crippen molar-refractivity contribution in [1.29, 1.82) is 0 Å². The van der Waals surface area contributed by atoms with Gasteiger partial charge < -0.3 is 4.74 Å². The quantitative estimate of drug-likeness (QED) is 0.495. The molecule has 0 amide bonds. The smallest absolute Gasteiger partial charge is 0.175 e. The lowest BCUT2D eigenvalue weighted by atomic mass is 10.2. The second kappa shape index (κ2) is 5.91. The Balaban J connectivity index is 1.73. The van der Waals surface area contributed by atoms with Crippen molar-refractivity contribution in [2.75, 3.05) is 7.11 Å². The van der Waals surface area contributed by atoms with Crippen molar-refractivity contribution in [2.45, 2.75) is 6.92 Å². The van der Waals surface area contributed by atoms with Crippen LogP contribution in [-0.2, 0) is 0 Å². The Labute approximate surface area is 154 Å². The maximum absolute atomic E-state index is 5.46. The Morgan fingerprint density at radius 3 is 2.70 bits per heavy atom. The number of methoxy groups -OCH3 is 1. The number of benzene rings is 2. The normalized spacial score (nSPS) is 11.3. The summed E-state index contributed by atoms with van der Waals surface area (Å²) in [7, 11) is 1.64. The molecular formula is C20H16N6O. The Hall–Kier alpha value is -3.74. The molecule has 0 N–H and O–H groups in total. The van der Waals surface area contributed by atoms with Gasteiger partial charge >= 0.3 is 0 Å². The first kappa shape index (κ1) is 15.5. The zero-order valence-electron chi connectivity index (χ0n) is 14.9. The van der Waals surface area contributed by atoms with Gasteiger partial charge in [-0.25, -0.2) is 9.67 Å². The second-order valence-corrected chi connectivity index (χ2v) is 6.29. The van der Waals surface area contributed by atoms with E-state index in [2.05, 4.69) is 39.3 Å². The molecule has 0 aliphatic heterocycles. The predicted octanol–water partition coefficient (Wildman–Crippen LogP) is 3.45. The van der Waals surface area contributed by atoms with E-state index in [0.29, 0.717) is 11.5 Å². The van der Waals surface area contributed by atoms with E-state index in [4.69, 9.17) is 4.74 Å². The molecule has 0 saturated heterocycles. The summed E-state index contributed by atoms with van der Waals surface area (Å²) in [6.07, 6.45) is 3.51. The molecule has 0 aliphatic rings. The first-order valence-electron chi connectivity index (χ1n) is 8.54. The Bertz CT molecular complexity index is 1290. The number of hydrogen-bond donors (Lipinski definition) is 0. The molecule has 0 bridgehead atoms. The lowest BCUT2D eigenvalue weighted by Crippen LogP contribution is -1.99. The fraction of sp³-hybridized carbons (Fsp3) is 0.100. The minimum Gasteiger partial charge on any atom is -0.496 e. The molecule has 5 aromatic rings. The number of rotatable bonds is 3. The molecule has 0 radical (unpaired) electrons. The molecule has 27 heavy (non-hydrogen) atoms. The van der Waals surface area contributed by atoms with Crippen LogP contribution >= 0.6 is 0 Å². The molecule has 0 atom stereocenters. The molecule has 3 aromatic heterocycles. The molecule has 0 aliphatic carbocycles. The van der Waals surface area contributed by atoms with Gasteiger partial charge in [0.05, 0.1) is 29.9 Å². The van der Waals surface area contributed by atoms with Gasteiger partial charge in [0.25, 0.3) is 0 Å². The highest BCUT2D eigenvalue weighted by molar-refractivity contribution is 5.90. The summed E-state index contributed by atoms with van der Waals surface area (Å²) in [5.74, 6) is 1.42. The van der Waals surface area contributed by atoms with Gasteiger partial charge in [-0.1, -0.05) is 24.3 Å². The van der Waals surface area contributed by atoms with E-state index < -0.39 is 0 Å². The number of ether oxygens (including phenoxy) is 1.